The fraction of sp³-hybridized carbons (Fsp3) is 0.455. The Morgan fingerprint density at radius 1 is 1.38 bits per heavy atom. The molecule has 0 fully saturated rings. The van der Waals surface area contributed by atoms with Crippen LogP contribution in [0.2, 0.25) is 0 Å². The number of halogens is 2. The van der Waals surface area contributed by atoms with Crippen LogP contribution in [0.4, 0.5) is 14.5 Å². The Labute approximate surface area is 96.3 Å². The first kappa shape index (κ1) is 13.1. The van der Waals surface area contributed by atoms with Gasteiger partial charge in [0.25, 0.3) is 0 Å². The minimum atomic E-state index is -1.65. The molecule has 0 amide bonds. The molecule has 0 spiro atoms. The third-order valence-electron chi connectivity index (χ3n) is 2.38. The topological polar surface area (TPSA) is 43.1 Å². The molecule has 0 aromatic heterocycles. The molecule has 0 saturated carbocycles. The molecule has 5 heteroatoms. The minimum absolute atomic E-state index is 0.000657. The summed E-state index contributed by atoms with van der Waals surface area (Å²) in [6.45, 7) is 3.84. The van der Waals surface area contributed by atoms with Gasteiger partial charge in [-0.15, -0.1) is 0 Å². The standard InChI is InChI=1S/C11H15F2NOS/c1-3-7(2)6-16(15)11-9(12)4-8(14)5-10(11)13/h4-5,7H,3,6,14H2,1-2H3. The van der Waals surface area contributed by atoms with E-state index in [1.807, 2.05) is 13.8 Å². The molecule has 90 valence electrons. The number of nitrogens with two attached hydrogens (primary N) is 1. The van der Waals surface area contributed by atoms with Gasteiger partial charge in [-0.05, 0) is 18.1 Å². The van der Waals surface area contributed by atoms with Gasteiger partial charge in [0.15, 0.2) is 0 Å². The van der Waals surface area contributed by atoms with Gasteiger partial charge in [-0.25, -0.2) is 8.78 Å². The summed E-state index contributed by atoms with van der Waals surface area (Å²) in [4.78, 5) is -0.366. The summed E-state index contributed by atoms with van der Waals surface area (Å²) in [7, 11) is -1.65. The van der Waals surface area contributed by atoms with Gasteiger partial charge < -0.3 is 5.73 Å². The highest BCUT2D eigenvalue weighted by molar-refractivity contribution is 7.85. The maximum Gasteiger partial charge on any atom is 0.144 e. The molecule has 0 radical (unpaired) electrons. The van der Waals surface area contributed by atoms with Gasteiger partial charge in [-0.3, -0.25) is 4.21 Å². The zero-order chi connectivity index (χ0) is 12.3. The number of nitrogen functional groups attached to an aromatic ring is 1. The van der Waals surface area contributed by atoms with Crippen molar-refractivity contribution in [1.29, 1.82) is 0 Å². The Bertz CT molecular complexity index is 386. The summed E-state index contributed by atoms with van der Waals surface area (Å²) in [5.74, 6) is -1.25. The SMILES string of the molecule is CCC(C)CS(=O)c1c(F)cc(N)cc1F. The third-order valence-corrected chi connectivity index (χ3v) is 4.10. The van der Waals surface area contributed by atoms with Crippen LogP contribution in [-0.2, 0) is 10.8 Å². The predicted octanol–water partition coefficient (Wildman–Crippen LogP) is 2.70. The quantitative estimate of drug-likeness (QED) is 0.831. The molecule has 0 aliphatic carbocycles. The molecule has 0 aliphatic rings. The second-order valence-corrected chi connectivity index (χ2v) is 5.27. The van der Waals surface area contributed by atoms with Crippen molar-refractivity contribution in [1.82, 2.24) is 0 Å². The lowest BCUT2D eigenvalue weighted by molar-refractivity contribution is 0.532. The van der Waals surface area contributed by atoms with E-state index in [4.69, 9.17) is 5.73 Å². The second-order valence-electron chi connectivity index (χ2n) is 3.84. The summed E-state index contributed by atoms with van der Waals surface area (Å²) in [6, 6.07) is 1.99. The first-order chi connectivity index (χ1) is 7.45. The lowest BCUT2D eigenvalue weighted by Crippen LogP contribution is -2.10. The zero-order valence-corrected chi connectivity index (χ0v) is 10.1. The highest BCUT2D eigenvalue weighted by Crippen LogP contribution is 2.22. The Morgan fingerprint density at radius 2 is 1.88 bits per heavy atom. The normalized spacial score (nSPS) is 14.8. The number of hydrogen-bond acceptors (Lipinski definition) is 2. The van der Waals surface area contributed by atoms with E-state index >= 15 is 0 Å². The number of benzene rings is 1. The van der Waals surface area contributed by atoms with Crippen molar-refractivity contribution in [2.24, 2.45) is 5.92 Å². The van der Waals surface area contributed by atoms with Crippen LogP contribution in [0.3, 0.4) is 0 Å². The summed E-state index contributed by atoms with van der Waals surface area (Å²) >= 11 is 0. The average molecular weight is 247 g/mol. The molecular formula is C11H15F2NOS. The van der Waals surface area contributed by atoms with Gasteiger partial charge in [0.05, 0.1) is 10.8 Å². The van der Waals surface area contributed by atoms with Gasteiger partial charge in [-0.1, -0.05) is 20.3 Å². The largest absolute Gasteiger partial charge is 0.399 e. The lowest BCUT2D eigenvalue weighted by atomic mass is 10.2. The van der Waals surface area contributed by atoms with Crippen molar-refractivity contribution in [3.8, 4) is 0 Å². The Hall–Kier alpha value is -0.970. The van der Waals surface area contributed by atoms with E-state index in [0.717, 1.165) is 18.6 Å². The molecule has 1 aromatic carbocycles. The van der Waals surface area contributed by atoms with Crippen LogP contribution in [0.15, 0.2) is 17.0 Å². The molecule has 0 bridgehead atoms. The third kappa shape index (κ3) is 3.01. The van der Waals surface area contributed by atoms with Crippen molar-refractivity contribution < 1.29 is 13.0 Å². The van der Waals surface area contributed by atoms with Gasteiger partial charge in [0.1, 0.15) is 16.5 Å². The van der Waals surface area contributed by atoms with Crippen molar-refractivity contribution in [3.05, 3.63) is 23.8 Å². The molecule has 0 heterocycles. The first-order valence-corrected chi connectivity index (χ1v) is 6.40. The van der Waals surface area contributed by atoms with Crippen LogP contribution in [0, 0.1) is 17.6 Å². The molecule has 0 aliphatic heterocycles. The summed E-state index contributed by atoms with van der Waals surface area (Å²) in [5, 5.41) is 0. The summed E-state index contributed by atoms with van der Waals surface area (Å²) in [6.07, 6.45) is 0.823. The van der Waals surface area contributed by atoms with E-state index in [9.17, 15) is 13.0 Å². The highest BCUT2D eigenvalue weighted by Gasteiger charge is 2.18. The van der Waals surface area contributed by atoms with Crippen molar-refractivity contribution in [2.75, 3.05) is 11.5 Å². The fourth-order valence-electron chi connectivity index (χ4n) is 1.26. The summed E-state index contributed by atoms with van der Waals surface area (Å²) < 4.78 is 38.6. The monoisotopic (exact) mass is 247 g/mol. The Morgan fingerprint density at radius 3 is 2.31 bits per heavy atom. The Kier molecular flexibility index (Phi) is 4.41. The van der Waals surface area contributed by atoms with Crippen molar-refractivity contribution in [2.45, 2.75) is 25.2 Å². The molecule has 2 nitrogen and oxygen atoms in total. The minimum Gasteiger partial charge on any atom is -0.399 e. The summed E-state index contributed by atoms with van der Waals surface area (Å²) in [5.41, 5.74) is 5.28. The van der Waals surface area contributed by atoms with Gasteiger partial charge in [0.2, 0.25) is 0 Å². The van der Waals surface area contributed by atoms with E-state index in [0.29, 0.717) is 0 Å². The molecule has 16 heavy (non-hydrogen) atoms. The van der Waals surface area contributed by atoms with Gasteiger partial charge in [0, 0.05) is 11.4 Å². The van der Waals surface area contributed by atoms with Crippen molar-refractivity contribution >= 4 is 16.5 Å². The smallest absolute Gasteiger partial charge is 0.144 e. The van der Waals surface area contributed by atoms with Crippen LogP contribution >= 0.6 is 0 Å². The average Bonchev–Trinajstić information content (AvgIpc) is 2.15. The van der Waals surface area contributed by atoms with E-state index in [-0.39, 0.29) is 22.3 Å². The Balaban J connectivity index is 3.00. The van der Waals surface area contributed by atoms with E-state index in [2.05, 4.69) is 0 Å². The molecule has 2 unspecified atom stereocenters. The van der Waals surface area contributed by atoms with Gasteiger partial charge in [-0.2, -0.15) is 0 Å². The van der Waals surface area contributed by atoms with E-state index in [1.165, 1.54) is 0 Å². The fourth-order valence-corrected chi connectivity index (χ4v) is 2.73. The highest BCUT2D eigenvalue weighted by atomic mass is 32.2. The molecule has 2 atom stereocenters. The number of hydrogen-bond donors (Lipinski definition) is 1. The lowest BCUT2D eigenvalue weighted by Gasteiger charge is -2.10. The maximum atomic E-state index is 13.4. The number of anilines is 1. The molecule has 2 N–H and O–H groups in total. The molecular weight excluding hydrogens is 232 g/mol. The van der Waals surface area contributed by atoms with Crippen LogP contribution < -0.4 is 5.73 Å². The predicted molar refractivity (Wildman–Crippen MR) is 61.5 cm³/mol. The molecule has 1 aromatic rings. The maximum absolute atomic E-state index is 13.4. The van der Waals surface area contributed by atoms with Crippen LogP contribution in [0.25, 0.3) is 0 Å². The zero-order valence-electron chi connectivity index (χ0n) is 9.30. The molecule has 1 rings (SSSR count). The van der Waals surface area contributed by atoms with Crippen LogP contribution in [-0.4, -0.2) is 9.96 Å². The first-order valence-electron chi connectivity index (χ1n) is 5.08. The van der Waals surface area contributed by atoms with Gasteiger partial charge >= 0.3 is 0 Å². The van der Waals surface area contributed by atoms with Crippen molar-refractivity contribution in [3.63, 3.8) is 0 Å². The van der Waals surface area contributed by atoms with E-state index in [1.54, 1.807) is 0 Å². The molecule has 0 saturated heterocycles. The van der Waals surface area contributed by atoms with Crippen LogP contribution in [0.1, 0.15) is 20.3 Å². The number of rotatable bonds is 4. The van der Waals surface area contributed by atoms with Crippen LogP contribution in [0.5, 0.6) is 0 Å². The van der Waals surface area contributed by atoms with E-state index < -0.39 is 22.4 Å². The second kappa shape index (κ2) is 5.39.